The summed E-state index contributed by atoms with van der Waals surface area (Å²) in [5, 5.41) is 20.5. The molecule has 1 aromatic heterocycles. The number of furan rings is 1. The van der Waals surface area contributed by atoms with Crippen molar-refractivity contribution in [3.8, 4) is 0 Å². The molecule has 1 unspecified atom stereocenters. The number of ether oxygens (including phenoxy) is 1. The van der Waals surface area contributed by atoms with Crippen LogP contribution in [0.3, 0.4) is 0 Å². The average molecular weight is 243 g/mol. The van der Waals surface area contributed by atoms with Gasteiger partial charge < -0.3 is 14.3 Å². The SMILES string of the molecule is COC(=O)c1ccc(C(O)C(C)(C)[N+](=O)[O-])o1. The van der Waals surface area contributed by atoms with Gasteiger partial charge in [0.2, 0.25) is 11.3 Å². The minimum Gasteiger partial charge on any atom is -0.463 e. The molecule has 0 amide bonds. The molecule has 0 saturated carbocycles. The van der Waals surface area contributed by atoms with Crippen LogP contribution < -0.4 is 0 Å². The molecule has 0 bridgehead atoms. The molecule has 0 aliphatic rings. The highest BCUT2D eigenvalue weighted by Gasteiger charge is 2.42. The number of carbonyl (C=O) groups excluding carboxylic acids is 1. The van der Waals surface area contributed by atoms with Crippen LogP contribution in [0.5, 0.6) is 0 Å². The lowest BCUT2D eigenvalue weighted by Gasteiger charge is -2.20. The van der Waals surface area contributed by atoms with Crippen molar-refractivity contribution in [2.75, 3.05) is 7.11 Å². The second-order valence-corrected chi connectivity index (χ2v) is 4.01. The van der Waals surface area contributed by atoms with Crippen molar-refractivity contribution in [2.45, 2.75) is 25.5 Å². The van der Waals surface area contributed by atoms with Gasteiger partial charge in [-0.05, 0) is 12.1 Å². The Labute approximate surface area is 97.1 Å². The number of hydrogen-bond acceptors (Lipinski definition) is 6. The molecule has 7 heteroatoms. The number of methoxy groups -OCH3 is 1. The monoisotopic (exact) mass is 243 g/mol. The zero-order valence-electron chi connectivity index (χ0n) is 9.67. The first kappa shape index (κ1) is 13.2. The van der Waals surface area contributed by atoms with Crippen molar-refractivity contribution in [3.63, 3.8) is 0 Å². The maximum Gasteiger partial charge on any atom is 0.373 e. The summed E-state index contributed by atoms with van der Waals surface area (Å²) < 4.78 is 9.42. The zero-order valence-corrected chi connectivity index (χ0v) is 9.67. The lowest BCUT2D eigenvalue weighted by molar-refractivity contribution is -0.575. The van der Waals surface area contributed by atoms with Gasteiger partial charge in [-0.1, -0.05) is 0 Å². The van der Waals surface area contributed by atoms with Crippen LogP contribution in [0.2, 0.25) is 0 Å². The summed E-state index contributed by atoms with van der Waals surface area (Å²) in [7, 11) is 1.18. The second-order valence-electron chi connectivity index (χ2n) is 4.01. The van der Waals surface area contributed by atoms with Gasteiger partial charge in [0.25, 0.3) is 0 Å². The number of carbonyl (C=O) groups is 1. The van der Waals surface area contributed by atoms with E-state index in [1.165, 1.54) is 33.1 Å². The first-order valence-electron chi connectivity index (χ1n) is 4.81. The average Bonchev–Trinajstić information content (AvgIpc) is 2.75. The molecule has 0 saturated heterocycles. The first-order valence-corrected chi connectivity index (χ1v) is 4.81. The third-order valence-electron chi connectivity index (χ3n) is 2.42. The summed E-state index contributed by atoms with van der Waals surface area (Å²) in [6, 6.07) is 2.60. The molecule has 0 radical (unpaired) electrons. The fraction of sp³-hybridized carbons (Fsp3) is 0.500. The molecule has 1 N–H and O–H groups in total. The van der Waals surface area contributed by atoms with Crippen molar-refractivity contribution in [2.24, 2.45) is 0 Å². The van der Waals surface area contributed by atoms with Gasteiger partial charge in [0.05, 0.1) is 7.11 Å². The molecule has 7 nitrogen and oxygen atoms in total. The number of aliphatic hydroxyl groups excluding tert-OH is 1. The van der Waals surface area contributed by atoms with Crippen molar-refractivity contribution < 1.29 is 24.0 Å². The van der Waals surface area contributed by atoms with Gasteiger partial charge in [0.1, 0.15) is 5.76 Å². The summed E-state index contributed by atoms with van der Waals surface area (Å²) >= 11 is 0. The molecular formula is C10H13NO6. The van der Waals surface area contributed by atoms with E-state index < -0.39 is 22.5 Å². The van der Waals surface area contributed by atoms with E-state index in [9.17, 15) is 20.0 Å². The lowest BCUT2D eigenvalue weighted by Crippen LogP contribution is -2.37. The topological polar surface area (TPSA) is 103 Å². The Kier molecular flexibility index (Phi) is 3.52. The molecule has 0 fully saturated rings. The van der Waals surface area contributed by atoms with Crippen LogP contribution >= 0.6 is 0 Å². The van der Waals surface area contributed by atoms with E-state index >= 15 is 0 Å². The number of hydrogen-bond donors (Lipinski definition) is 1. The summed E-state index contributed by atoms with van der Waals surface area (Å²) in [6.45, 7) is 2.52. The molecule has 1 rings (SSSR count). The van der Waals surface area contributed by atoms with Crippen molar-refractivity contribution >= 4 is 5.97 Å². The van der Waals surface area contributed by atoms with E-state index in [0.717, 1.165) is 0 Å². The van der Waals surface area contributed by atoms with Crippen molar-refractivity contribution in [1.29, 1.82) is 0 Å². The zero-order chi connectivity index (χ0) is 13.2. The minimum absolute atomic E-state index is 0.0490. The van der Waals surface area contributed by atoms with Crippen LogP contribution in [0, 0.1) is 10.1 Å². The van der Waals surface area contributed by atoms with Gasteiger partial charge in [0.15, 0.2) is 6.10 Å². The molecule has 1 aromatic rings. The van der Waals surface area contributed by atoms with E-state index in [1.54, 1.807) is 0 Å². The summed E-state index contributed by atoms with van der Waals surface area (Å²) in [5.74, 6) is -0.866. The maximum absolute atomic E-state index is 11.1. The number of rotatable bonds is 4. The molecular weight excluding hydrogens is 230 g/mol. The van der Waals surface area contributed by atoms with Gasteiger partial charge in [-0.15, -0.1) is 0 Å². The summed E-state index contributed by atoms with van der Waals surface area (Å²) in [4.78, 5) is 21.2. The van der Waals surface area contributed by atoms with Gasteiger partial charge >= 0.3 is 5.97 Å². The Balaban J connectivity index is 2.98. The normalized spacial score (nSPS) is 13.2. The largest absolute Gasteiger partial charge is 0.463 e. The van der Waals surface area contributed by atoms with Gasteiger partial charge in [0, 0.05) is 18.8 Å². The highest BCUT2D eigenvalue weighted by molar-refractivity contribution is 5.86. The Morgan fingerprint density at radius 1 is 1.59 bits per heavy atom. The molecule has 0 aliphatic heterocycles. The van der Waals surface area contributed by atoms with E-state index in [-0.39, 0.29) is 11.5 Å². The van der Waals surface area contributed by atoms with Crippen molar-refractivity contribution in [1.82, 2.24) is 0 Å². The summed E-state index contributed by atoms with van der Waals surface area (Å²) in [5.41, 5.74) is -1.61. The first-order chi connectivity index (χ1) is 7.80. The summed E-state index contributed by atoms with van der Waals surface area (Å²) in [6.07, 6.45) is -1.45. The number of aliphatic hydroxyl groups is 1. The Morgan fingerprint density at radius 2 is 2.18 bits per heavy atom. The number of nitrogens with zero attached hydrogens (tertiary/aromatic N) is 1. The molecule has 1 atom stereocenters. The highest BCUT2D eigenvalue weighted by Crippen LogP contribution is 2.29. The number of esters is 1. The smallest absolute Gasteiger partial charge is 0.373 e. The van der Waals surface area contributed by atoms with Gasteiger partial charge in [-0.25, -0.2) is 4.79 Å². The van der Waals surface area contributed by atoms with Crippen LogP contribution in [-0.4, -0.2) is 28.6 Å². The predicted molar refractivity (Wildman–Crippen MR) is 56.1 cm³/mol. The highest BCUT2D eigenvalue weighted by atomic mass is 16.6. The van der Waals surface area contributed by atoms with Crippen LogP contribution in [0.15, 0.2) is 16.5 Å². The molecule has 94 valence electrons. The van der Waals surface area contributed by atoms with E-state index in [1.807, 2.05) is 0 Å². The van der Waals surface area contributed by atoms with E-state index in [4.69, 9.17) is 4.42 Å². The quantitative estimate of drug-likeness (QED) is 0.483. The molecule has 17 heavy (non-hydrogen) atoms. The van der Waals surface area contributed by atoms with Crippen LogP contribution in [0.1, 0.15) is 36.3 Å². The molecule has 0 aliphatic carbocycles. The third-order valence-corrected chi connectivity index (χ3v) is 2.42. The Bertz CT molecular complexity index is 436. The third kappa shape index (κ3) is 2.44. The Morgan fingerprint density at radius 3 is 2.65 bits per heavy atom. The van der Waals surface area contributed by atoms with E-state index in [0.29, 0.717) is 0 Å². The maximum atomic E-state index is 11.1. The predicted octanol–water partition coefficient (Wildman–Crippen LogP) is 1.15. The molecule has 0 spiro atoms. The van der Waals surface area contributed by atoms with Crippen LogP contribution in [-0.2, 0) is 4.74 Å². The standard InChI is InChI=1S/C10H13NO6/c1-10(2,11(14)15)8(12)6-4-5-7(17-6)9(13)16-3/h4-5,8,12H,1-3H3. The fourth-order valence-corrected chi connectivity index (χ4v) is 1.16. The fourth-order valence-electron chi connectivity index (χ4n) is 1.16. The van der Waals surface area contributed by atoms with Crippen LogP contribution in [0.4, 0.5) is 0 Å². The number of nitro groups is 1. The van der Waals surface area contributed by atoms with Gasteiger partial charge in [-0.3, -0.25) is 10.1 Å². The lowest BCUT2D eigenvalue weighted by atomic mass is 9.96. The van der Waals surface area contributed by atoms with E-state index in [2.05, 4.69) is 4.74 Å². The van der Waals surface area contributed by atoms with Crippen LogP contribution in [0.25, 0.3) is 0 Å². The minimum atomic E-state index is -1.61. The molecule has 0 aromatic carbocycles. The molecule has 1 heterocycles. The van der Waals surface area contributed by atoms with Crippen molar-refractivity contribution in [3.05, 3.63) is 33.8 Å². The Hall–Kier alpha value is -1.89. The second kappa shape index (κ2) is 4.54. The van der Waals surface area contributed by atoms with Gasteiger partial charge in [-0.2, -0.15) is 0 Å².